The average molecular weight is 484 g/mol. The van der Waals surface area contributed by atoms with E-state index in [2.05, 4.69) is 41.9 Å². The fourth-order valence-electron chi connectivity index (χ4n) is 4.41. The Hall–Kier alpha value is -2.53. The number of hydrogen-bond donors (Lipinski definition) is 1. The van der Waals surface area contributed by atoms with Gasteiger partial charge in [-0.2, -0.15) is 0 Å². The average Bonchev–Trinajstić information content (AvgIpc) is 3.18. The maximum absolute atomic E-state index is 12.1. The van der Waals surface area contributed by atoms with E-state index in [9.17, 15) is 4.79 Å². The maximum atomic E-state index is 12.1. The number of aromatic nitrogens is 2. The molecule has 184 valence electrons. The molecular weight excluding hydrogens is 446 g/mol. The number of fused-ring (bicyclic) bond motifs is 1. The van der Waals surface area contributed by atoms with Crippen LogP contribution < -0.4 is 10.1 Å². The molecular formula is C28H38ClN3O2. The zero-order valence-electron chi connectivity index (χ0n) is 21.0. The Bertz CT molecular complexity index is 1070. The van der Waals surface area contributed by atoms with Crippen LogP contribution in [0.15, 0.2) is 36.4 Å². The molecule has 5 nitrogen and oxygen atoms in total. The highest BCUT2D eigenvalue weighted by molar-refractivity contribution is 6.32. The number of amides is 1. The van der Waals surface area contributed by atoms with Crippen LogP contribution in [0.5, 0.6) is 5.75 Å². The normalized spacial score (nSPS) is 11.4. The number of benzene rings is 2. The predicted molar refractivity (Wildman–Crippen MR) is 141 cm³/mol. The SMILES string of the molecule is CCC(CC)C(=O)NCCCCCc1nc2ccccc2n1CCOc1cc(C)c(Cl)c(C)c1. The van der Waals surface area contributed by atoms with Gasteiger partial charge in [-0.25, -0.2) is 4.98 Å². The molecule has 1 N–H and O–H groups in total. The van der Waals surface area contributed by atoms with Gasteiger partial charge in [-0.1, -0.05) is 44.0 Å². The Labute approximate surface area is 208 Å². The minimum Gasteiger partial charge on any atom is -0.492 e. The lowest BCUT2D eigenvalue weighted by Gasteiger charge is -2.13. The molecule has 0 radical (unpaired) electrons. The van der Waals surface area contributed by atoms with E-state index >= 15 is 0 Å². The van der Waals surface area contributed by atoms with Crippen LogP contribution in [-0.2, 0) is 17.8 Å². The van der Waals surface area contributed by atoms with Crippen molar-refractivity contribution in [3.05, 3.63) is 58.4 Å². The van der Waals surface area contributed by atoms with E-state index in [0.29, 0.717) is 6.61 Å². The number of carbonyl (C=O) groups is 1. The Morgan fingerprint density at radius 2 is 1.79 bits per heavy atom. The monoisotopic (exact) mass is 483 g/mol. The molecule has 2 aromatic carbocycles. The Morgan fingerprint density at radius 1 is 1.09 bits per heavy atom. The van der Waals surface area contributed by atoms with E-state index in [0.717, 1.165) is 90.4 Å². The fraction of sp³-hybridized carbons (Fsp3) is 0.500. The van der Waals surface area contributed by atoms with Crippen molar-refractivity contribution in [2.75, 3.05) is 13.2 Å². The Morgan fingerprint density at radius 3 is 2.50 bits per heavy atom. The topological polar surface area (TPSA) is 56.2 Å². The minimum atomic E-state index is 0.142. The second kappa shape index (κ2) is 12.8. The number of aryl methyl sites for hydroxylation is 3. The fourth-order valence-corrected chi connectivity index (χ4v) is 4.52. The van der Waals surface area contributed by atoms with Gasteiger partial charge in [0.15, 0.2) is 0 Å². The summed E-state index contributed by atoms with van der Waals surface area (Å²) in [5.74, 6) is 2.27. The van der Waals surface area contributed by atoms with Crippen molar-refractivity contribution in [2.24, 2.45) is 5.92 Å². The van der Waals surface area contributed by atoms with Gasteiger partial charge >= 0.3 is 0 Å². The molecule has 0 saturated carbocycles. The summed E-state index contributed by atoms with van der Waals surface area (Å²) in [5, 5.41) is 3.88. The number of nitrogens with zero attached hydrogens (tertiary/aromatic N) is 2. The first-order chi connectivity index (χ1) is 16.4. The summed E-state index contributed by atoms with van der Waals surface area (Å²) in [6, 6.07) is 12.3. The zero-order chi connectivity index (χ0) is 24.5. The highest BCUT2D eigenvalue weighted by Crippen LogP contribution is 2.26. The molecule has 1 aromatic heterocycles. The molecule has 0 aliphatic heterocycles. The van der Waals surface area contributed by atoms with Gasteiger partial charge in [0, 0.05) is 23.9 Å². The van der Waals surface area contributed by atoms with Crippen molar-refractivity contribution in [2.45, 2.75) is 72.8 Å². The van der Waals surface area contributed by atoms with Crippen LogP contribution in [0.2, 0.25) is 5.02 Å². The van der Waals surface area contributed by atoms with E-state index in [1.165, 1.54) is 0 Å². The third-order valence-corrected chi connectivity index (χ3v) is 7.06. The quantitative estimate of drug-likeness (QED) is 0.277. The molecule has 3 rings (SSSR count). The number of imidazole rings is 1. The molecule has 0 spiro atoms. The lowest BCUT2D eigenvalue weighted by atomic mass is 10.0. The summed E-state index contributed by atoms with van der Waals surface area (Å²) in [4.78, 5) is 17.0. The van der Waals surface area contributed by atoms with Crippen LogP contribution in [0, 0.1) is 19.8 Å². The van der Waals surface area contributed by atoms with E-state index in [-0.39, 0.29) is 11.8 Å². The summed E-state index contributed by atoms with van der Waals surface area (Å²) < 4.78 is 8.35. The van der Waals surface area contributed by atoms with Gasteiger partial charge in [-0.05, 0) is 74.9 Å². The standard InChI is InChI=1S/C28H38ClN3O2/c1-5-22(6-2)28(33)30-15-11-7-8-14-26-31-24-12-9-10-13-25(24)32(26)16-17-34-23-18-20(3)27(29)21(4)19-23/h9-10,12-13,18-19,22H,5-8,11,14-17H2,1-4H3,(H,30,33). The molecule has 0 atom stereocenters. The molecule has 0 bridgehead atoms. The predicted octanol–water partition coefficient (Wildman–Crippen LogP) is 6.65. The second-order valence-corrected chi connectivity index (χ2v) is 9.38. The number of ether oxygens (including phenoxy) is 1. The van der Waals surface area contributed by atoms with Crippen molar-refractivity contribution in [1.82, 2.24) is 14.9 Å². The summed E-state index contributed by atoms with van der Waals surface area (Å²) >= 11 is 6.29. The van der Waals surface area contributed by atoms with Gasteiger partial charge in [0.05, 0.1) is 17.6 Å². The van der Waals surface area contributed by atoms with Crippen molar-refractivity contribution < 1.29 is 9.53 Å². The number of nitrogens with one attached hydrogen (secondary N) is 1. The first-order valence-electron chi connectivity index (χ1n) is 12.6. The number of rotatable bonds is 13. The van der Waals surface area contributed by atoms with Crippen LogP contribution >= 0.6 is 11.6 Å². The number of halogens is 1. The van der Waals surface area contributed by atoms with E-state index in [1.54, 1.807) is 0 Å². The van der Waals surface area contributed by atoms with Gasteiger partial charge < -0.3 is 14.6 Å². The van der Waals surface area contributed by atoms with E-state index in [4.69, 9.17) is 21.3 Å². The van der Waals surface area contributed by atoms with Gasteiger partial charge in [-0.15, -0.1) is 0 Å². The third-order valence-electron chi connectivity index (χ3n) is 6.46. The molecule has 0 aliphatic carbocycles. The van der Waals surface area contributed by atoms with Crippen LogP contribution in [0.25, 0.3) is 11.0 Å². The first-order valence-corrected chi connectivity index (χ1v) is 12.9. The second-order valence-electron chi connectivity index (χ2n) is 9.00. The summed E-state index contributed by atoms with van der Waals surface area (Å²) in [6.07, 6.45) is 5.81. The lowest BCUT2D eigenvalue weighted by Crippen LogP contribution is -2.30. The first kappa shape index (κ1) is 26.1. The number of carbonyl (C=O) groups excluding carboxylic acids is 1. The Balaban J connectivity index is 1.54. The summed E-state index contributed by atoms with van der Waals surface area (Å²) in [5.41, 5.74) is 4.22. The van der Waals surface area contributed by atoms with Crippen LogP contribution in [0.4, 0.5) is 0 Å². The number of unbranched alkanes of at least 4 members (excludes halogenated alkanes) is 2. The molecule has 0 unspecified atom stereocenters. The number of para-hydroxylation sites is 2. The largest absolute Gasteiger partial charge is 0.492 e. The number of hydrogen-bond acceptors (Lipinski definition) is 3. The van der Waals surface area contributed by atoms with Gasteiger partial charge in [0.25, 0.3) is 0 Å². The zero-order valence-corrected chi connectivity index (χ0v) is 21.8. The molecule has 34 heavy (non-hydrogen) atoms. The van der Waals surface area contributed by atoms with Crippen molar-refractivity contribution in [1.29, 1.82) is 0 Å². The van der Waals surface area contributed by atoms with Crippen molar-refractivity contribution in [3.8, 4) is 5.75 Å². The Kier molecular flexibility index (Phi) is 9.82. The van der Waals surface area contributed by atoms with Crippen molar-refractivity contribution >= 4 is 28.5 Å². The van der Waals surface area contributed by atoms with Gasteiger partial charge in [0.1, 0.15) is 18.2 Å². The maximum Gasteiger partial charge on any atom is 0.223 e. The van der Waals surface area contributed by atoms with E-state index in [1.807, 2.05) is 32.0 Å². The third kappa shape index (κ3) is 6.75. The smallest absolute Gasteiger partial charge is 0.223 e. The highest BCUT2D eigenvalue weighted by Gasteiger charge is 2.13. The van der Waals surface area contributed by atoms with Gasteiger partial charge in [-0.3, -0.25) is 4.79 Å². The molecule has 1 heterocycles. The van der Waals surface area contributed by atoms with Crippen LogP contribution in [0.3, 0.4) is 0 Å². The summed E-state index contributed by atoms with van der Waals surface area (Å²) in [6.45, 7) is 10.2. The molecule has 1 amide bonds. The van der Waals surface area contributed by atoms with Gasteiger partial charge in [0.2, 0.25) is 5.91 Å². The van der Waals surface area contributed by atoms with Crippen molar-refractivity contribution in [3.63, 3.8) is 0 Å². The molecule has 6 heteroatoms. The lowest BCUT2D eigenvalue weighted by molar-refractivity contribution is -0.125. The van der Waals surface area contributed by atoms with Crippen LogP contribution in [-0.4, -0.2) is 28.6 Å². The molecule has 0 fully saturated rings. The summed E-state index contributed by atoms with van der Waals surface area (Å²) in [7, 11) is 0. The van der Waals surface area contributed by atoms with E-state index < -0.39 is 0 Å². The molecule has 0 saturated heterocycles. The van der Waals surface area contributed by atoms with Crippen LogP contribution in [0.1, 0.15) is 62.9 Å². The molecule has 0 aliphatic rings. The minimum absolute atomic E-state index is 0.142. The highest BCUT2D eigenvalue weighted by atomic mass is 35.5. The molecule has 3 aromatic rings.